The lowest BCUT2D eigenvalue weighted by molar-refractivity contribution is -0.147. The molecule has 0 bridgehead atoms. The minimum Gasteiger partial charge on any atom is -0.468 e. The van der Waals surface area contributed by atoms with E-state index in [4.69, 9.17) is 0 Å². The molecule has 0 N–H and O–H groups in total. The Kier molecular flexibility index (Phi) is 6.04. The molecule has 0 saturated carbocycles. The zero-order valence-corrected chi connectivity index (χ0v) is 9.16. The highest BCUT2D eigenvalue weighted by Crippen LogP contribution is 2.08. The van der Waals surface area contributed by atoms with Crippen LogP contribution in [0.3, 0.4) is 0 Å². The van der Waals surface area contributed by atoms with Gasteiger partial charge in [0.25, 0.3) is 0 Å². The smallest absolute Gasteiger partial charge is 0.319 e. The van der Waals surface area contributed by atoms with Crippen molar-refractivity contribution in [3.05, 3.63) is 0 Å². The molecule has 0 radical (unpaired) electrons. The lowest BCUT2D eigenvalue weighted by atomic mass is 10.3. The van der Waals surface area contributed by atoms with Gasteiger partial charge < -0.3 is 9.47 Å². The summed E-state index contributed by atoms with van der Waals surface area (Å²) in [5, 5.41) is 0. The highest BCUT2D eigenvalue weighted by atomic mass is 127. The second kappa shape index (κ2) is 6.22. The molecule has 5 heteroatoms. The van der Waals surface area contributed by atoms with E-state index in [0.29, 0.717) is 6.61 Å². The van der Waals surface area contributed by atoms with Crippen LogP contribution in [0.4, 0.5) is 0 Å². The number of carbonyl (C=O) groups is 2. The number of halogens is 1. The van der Waals surface area contributed by atoms with Crippen LogP contribution in [0.2, 0.25) is 0 Å². The van der Waals surface area contributed by atoms with Gasteiger partial charge in [-0.05, 0) is 6.92 Å². The monoisotopic (exact) mass is 286 g/mol. The Morgan fingerprint density at radius 3 is 2.50 bits per heavy atom. The minimum atomic E-state index is -0.452. The van der Waals surface area contributed by atoms with Gasteiger partial charge in [-0.3, -0.25) is 9.59 Å². The van der Waals surface area contributed by atoms with E-state index in [9.17, 15) is 9.59 Å². The van der Waals surface area contributed by atoms with E-state index in [1.807, 2.05) is 22.6 Å². The molecule has 1 atom stereocenters. The van der Waals surface area contributed by atoms with Crippen molar-refractivity contribution in [1.29, 1.82) is 0 Å². The summed E-state index contributed by atoms with van der Waals surface area (Å²) in [5.74, 6) is -0.772. The van der Waals surface area contributed by atoms with Crippen LogP contribution in [-0.4, -0.2) is 29.6 Å². The molecular formula is C7H11IO4. The molecule has 4 nitrogen and oxygen atoms in total. The molecule has 12 heavy (non-hydrogen) atoms. The number of methoxy groups -OCH3 is 1. The average Bonchev–Trinajstić information content (AvgIpc) is 2.03. The third-order valence-corrected chi connectivity index (χ3v) is 2.06. The zero-order valence-electron chi connectivity index (χ0n) is 7.00. The number of alkyl halides is 1. The summed E-state index contributed by atoms with van der Waals surface area (Å²) in [4.78, 5) is 21.7. The van der Waals surface area contributed by atoms with E-state index in [1.54, 1.807) is 6.92 Å². The third kappa shape index (κ3) is 4.53. The molecule has 0 aliphatic heterocycles. The fourth-order valence-electron chi connectivity index (χ4n) is 0.577. The fourth-order valence-corrected chi connectivity index (χ4v) is 1.19. The summed E-state index contributed by atoms with van der Waals surface area (Å²) < 4.78 is 8.64. The van der Waals surface area contributed by atoms with Gasteiger partial charge in [-0.1, -0.05) is 22.6 Å². The lowest BCUT2D eigenvalue weighted by Gasteiger charge is -2.05. The van der Waals surface area contributed by atoms with Gasteiger partial charge in [-0.15, -0.1) is 0 Å². The van der Waals surface area contributed by atoms with E-state index >= 15 is 0 Å². The Morgan fingerprint density at radius 1 is 1.50 bits per heavy atom. The normalized spacial score (nSPS) is 11.9. The largest absolute Gasteiger partial charge is 0.468 e. The molecule has 70 valence electrons. The molecule has 0 heterocycles. The molecule has 0 aliphatic carbocycles. The number of rotatable bonds is 4. The fraction of sp³-hybridized carbons (Fsp3) is 0.714. The first-order valence-electron chi connectivity index (χ1n) is 3.49. The number of esters is 2. The standard InChI is InChI=1S/C7H11IO4/c1-3-12-6(9)4-5(8)7(10)11-2/h5H,3-4H2,1-2H3. The maximum absolute atomic E-state index is 10.8. The summed E-state index contributed by atoms with van der Waals surface area (Å²) in [6.45, 7) is 2.06. The Hall–Kier alpha value is -0.330. The van der Waals surface area contributed by atoms with Gasteiger partial charge in [0.15, 0.2) is 0 Å². The first-order chi connectivity index (χ1) is 5.61. The average molecular weight is 286 g/mol. The Balaban J connectivity index is 3.75. The van der Waals surface area contributed by atoms with Crippen LogP contribution in [0.5, 0.6) is 0 Å². The van der Waals surface area contributed by atoms with Gasteiger partial charge in [0, 0.05) is 0 Å². The molecule has 0 aromatic carbocycles. The first-order valence-corrected chi connectivity index (χ1v) is 4.73. The number of hydrogen-bond acceptors (Lipinski definition) is 4. The topological polar surface area (TPSA) is 52.6 Å². The molecule has 0 aromatic rings. The third-order valence-electron chi connectivity index (χ3n) is 1.11. The summed E-state index contributed by atoms with van der Waals surface area (Å²) in [6.07, 6.45) is 0.0705. The number of hydrogen-bond donors (Lipinski definition) is 0. The van der Waals surface area contributed by atoms with E-state index in [0.717, 1.165) is 0 Å². The van der Waals surface area contributed by atoms with Gasteiger partial charge in [0.1, 0.15) is 3.92 Å². The molecule has 1 unspecified atom stereocenters. The predicted molar refractivity (Wildman–Crippen MR) is 51.1 cm³/mol. The van der Waals surface area contributed by atoms with Crippen molar-refractivity contribution in [2.75, 3.05) is 13.7 Å². The highest BCUT2D eigenvalue weighted by molar-refractivity contribution is 14.1. The number of ether oxygens (including phenoxy) is 2. The van der Waals surface area contributed by atoms with E-state index in [-0.39, 0.29) is 12.4 Å². The summed E-state index contributed by atoms with van der Waals surface area (Å²) in [5.41, 5.74) is 0. The van der Waals surface area contributed by atoms with E-state index in [1.165, 1.54) is 7.11 Å². The van der Waals surface area contributed by atoms with Gasteiger partial charge >= 0.3 is 11.9 Å². The van der Waals surface area contributed by atoms with E-state index in [2.05, 4.69) is 9.47 Å². The maximum atomic E-state index is 10.8. The van der Waals surface area contributed by atoms with Crippen molar-refractivity contribution in [2.24, 2.45) is 0 Å². The second-order valence-corrected chi connectivity index (χ2v) is 3.50. The van der Waals surface area contributed by atoms with Gasteiger partial charge in [-0.25, -0.2) is 0 Å². The highest BCUT2D eigenvalue weighted by Gasteiger charge is 2.19. The van der Waals surface area contributed by atoms with Crippen molar-refractivity contribution >= 4 is 34.5 Å². The van der Waals surface area contributed by atoms with Crippen LogP contribution in [0.1, 0.15) is 13.3 Å². The second-order valence-electron chi connectivity index (χ2n) is 2.00. The van der Waals surface area contributed by atoms with Gasteiger partial charge in [-0.2, -0.15) is 0 Å². The number of carbonyl (C=O) groups excluding carboxylic acids is 2. The molecule has 0 amide bonds. The molecule has 0 fully saturated rings. The lowest BCUT2D eigenvalue weighted by Crippen LogP contribution is -2.20. The van der Waals surface area contributed by atoms with Crippen LogP contribution in [0.25, 0.3) is 0 Å². The van der Waals surface area contributed by atoms with Crippen molar-refractivity contribution in [1.82, 2.24) is 0 Å². The predicted octanol–water partition coefficient (Wildman–Crippen LogP) is 0.916. The van der Waals surface area contributed by atoms with Crippen molar-refractivity contribution in [3.8, 4) is 0 Å². The Bertz CT molecular complexity index is 169. The maximum Gasteiger partial charge on any atom is 0.319 e. The van der Waals surface area contributed by atoms with Crippen LogP contribution in [0, 0.1) is 0 Å². The van der Waals surface area contributed by atoms with Crippen LogP contribution >= 0.6 is 22.6 Å². The molecule has 0 rings (SSSR count). The van der Waals surface area contributed by atoms with Crippen LogP contribution < -0.4 is 0 Å². The van der Waals surface area contributed by atoms with Crippen molar-refractivity contribution in [2.45, 2.75) is 17.3 Å². The Morgan fingerprint density at radius 2 is 2.08 bits per heavy atom. The quantitative estimate of drug-likeness (QED) is 0.438. The molecular weight excluding hydrogens is 275 g/mol. The minimum absolute atomic E-state index is 0.0705. The Labute approximate surface area is 84.7 Å². The van der Waals surface area contributed by atoms with Gasteiger partial charge in [0.05, 0.1) is 20.1 Å². The molecule has 0 saturated heterocycles. The summed E-state index contributed by atoms with van der Waals surface area (Å²) >= 11 is 1.85. The van der Waals surface area contributed by atoms with E-state index < -0.39 is 9.89 Å². The molecule has 0 aromatic heterocycles. The zero-order chi connectivity index (χ0) is 9.56. The van der Waals surface area contributed by atoms with Crippen molar-refractivity contribution < 1.29 is 19.1 Å². The van der Waals surface area contributed by atoms with Gasteiger partial charge in [0.2, 0.25) is 0 Å². The molecule has 0 aliphatic rings. The SMILES string of the molecule is CCOC(=O)CC(I)C(=O)OC. The molecule has 0 spiro atoms. The van der Waals surface area contributed by atoms with Crippen molar-refractivity contribution in [3.63, 3.8) is 0 Å². The van der Waals surface area contributed by atoms with Crippen LogP contribution in [-0.2, 0) is 19.1 Å². The summed E-state index contributed by atoms with van der Waals surface area (Å²) in [7, 11) is 1.29. The van der Waals surface area contributed by atoms with Crippen LogP contribution in [0.15, 0.2) is 0 Å². The first kappa shape index (κ1) is 11.7. The summed E-state index contributed by atoms with van der Waals surface area (Å²) in [6, 6.07) is 0.